The minimum absolute atomic E-state index is 0.0323. The molecule has 0 unspecified atom stereocenters. The van der Waals surface area contributed by atoms with E-state index in [1.807, 2.05) is 19.1 Å². The molecule has 0 fully saturated rings. The topological polar surface area (TPSA) is 109 Å². The predicted octanol–water partition coefficient (Wildman–Crippen LogP) is 3.04. The van der Waals surface area contributed by atoms with Crippen LogP contribution in [0.2, 0.25) is 0 Å². The second-order valence-corrected chi connectivity index (χ2v) is 8.65. The molecule has 2 heterocycles. The van der Waals surface area contributed by atoms with Gasteiger partial charge in [-0.2, -0.15) is 0 Å². The van der Waals surface area contributed by atoms with Crippen molar-refractivity contribution in [2.24, 2.45) is 0 Å². The quantitative estimate of drug-likeness (QED) is 0.432. The van der Waals surface area contributed by atoms with E-state index in [9.17, 15) is 17.2 Å². The first-order chi connectivity index (χ1) is 14.7. The third kappa shape index (κ3) is 6.93. The maximum absolute atomic E-state index is 13.7. The van der Waals surface area contributed by atoms with Gasteiger partial charge in [-0.3, -0.25) is 0 Å². The SMILES string of the molecule is Cc1ccnc(Nc2cc(NCCNS(=O)(=O)Cc3cc(F)ccc3F)nc(C)n2)c1. The lowest BCUT2D eigenvalue weighted by Gasteiger charge is -2.11. The van der Waals surface area contributed by atoms with Crippen LogP contribution in [0.3, 0.4) is 0 Å². The normalized spacial score (nSPS) is 11.4. The van der Waals surface area contributed by atoms with E-state index in [2.05, 4.69) is 30.3 Å². The summed E-state index contributed by atoms with van der Waals surface area (Å²) in [5.74, 6) is 0.0694. The van der Waals surface area contributed by atoms with Gasteiger partial charge in [0.05, 0.1) is 5.75 Å². The lowest BCUT2D eigenvalue weighted by Crippen LogP contribution is -2.30. The Hall–Kier alpha value is -3.18. The number of nitrogens with zero attached hydrogens (tertiary/aromatic N) is 3. The first-order valence-corrected chi connectivity index (χ1v) is 11.1. The minimum atomic E-state index is -3.84. The Morgan fingerprint density at radius 3 is 2.48 bits per heavy atom. The van der Waals surface area contributed by atoms with Crippen molar-refractivity contribution in [1.29, 1.82) is 0 Å². The molecule has 0 aliphatic rings. The van der Waals surface area contributed by atoms with Crippen molar-refractivity contribution in [3.05, 3.63) is 71.2 Å². The van der Waals surface area contributed by atoms with Gasteiger partial charge in [0.25, 0.3) is 0 Å². The number of aryl methyl sites for hydroxylation is 2. The molecular formula is C20H22F2N6O2S. The Labute approximate surface area is 179 Å². The molecule has 0 atom stereocenters. The van der Waals surface area contributed by atoms with E-state index in [-0.39, 0.29) is 18.7 Å². The van der Waals surface area contributed by atoms with E-state index in [1.165, 1.54) is 0 Å². The number of aromatic nitrogens is 3. The average molecular weight is 448 g/mol. The Morgan fingerprint density at radius 2 is 1.71 bits per heavy atom. The smallest absolute Gasteiger partial charge is 0.215 e. The molecule has 11 heteroatoms. The van der Waals surface area contributed by atoms with Crippen LogP contribution >= 0.6 is 0 Å². The lowest BCUT2D eigenvalue weighted by atomic mass is 10.2. The molecule has 0 bridgehead atoms. The fourth-order valence-corrected chi connectivity index (χ4v) is 3.91. The standard InChI is InChI=1S/C20H22F2N6O2S/c1-13-5-6-23-18(9-13)28-20-11-19(26-14(2)27-20)24-7-8-25-31(29,30)12-15-10-16(21)3-4-17(15)22/h3-6,9-11,25H,7-8,12H2,1-2H3,(H2,23,24,26,27,28). The summed E-state index contributed by atoms with van der Waals surface area (Å²) >= 11 is 0. The lowest BCUT2D eigenvalue weighted by molar-refractivity contribution is 0.571. The maximum atomic E-state index is 13.7. The van der Waals surface area contributed by atoms with Gasteiger partial charge in [0.2, 0.25) is 10.0 Å². The summed E-state index contributed by atoms with van der Waals surface area (Å²) in [6.07, 6.45) is 1.69. The molecule has 3 aromatic rings. The van der Waals surface area contributed by atoms with Gasteiger partial charge >= 0.3 is 0 Å². The van der Waals surface area contributed by atoms with Gasteiger partial charge in [-0.05, 0) is 49.7 Å². The first kappa shape index (κ1) is 22.5. The fourth-order valence-electron chi connectivity index (χ4n) is 2.76. The van der Waals surface area contributed by atoms with Gasteiger partial charge in [-0.25, -0.2) is 36.9 Å². The third-order valence-corrected chi connectivity index (χ3v) is 5.45. The molecule has 31 heavy (non-hydrogen) atoms. The highest BCUT2D eigenvalue weighted by Gasteiger charge is 2.15. The Bertz CT molecular complexity index is 1170. The Balaban J connectivity index is 1.55. The van der Waals surface area contributed by atoms with Crippen molar-refractivity contribution < 1.29 is 17.2 Å². The maximum Gasteiger partial charge on any atom is 0.215 e. The molecule has 0 saturated heterocycles. The zero-order chi connectivity index (χ0) is 22.4. The van der Waals surface area contributed by atoms with Crippen LogP contribution in [0.25, 0.3) is 0 Å². The van der Waals surface area contributed by atoms with Gasteiger partial charge in [0.1, 0.15) is 34.9 Å². The second-order valence-electron chi connectivity index (χ2n) is 6.85. The predicted molar refractivity (Wildman–Crippen MR) is 114 cm³/mol. The van der Waals surface area contributed by atoms with Crippen LogP contribution in [0, 0.1) is 25.5 Å². The van der Waals surface area contributed by atoms with E-state index in [0.29, 0.717) is 23.3 Å². The summed E-state index contributed by atoms with van der Waals surface area (Å²) < 4.78 is 53.5. The number of halogens is 2. The summed E-state index contributed by atoms with van der Waals surface area (Å²) in [5.41, 5.74) is 0.819. The van der Waals surface area contributed by atoms with Crippen molar-refractivity contribution in [1.82, 2.24) is 19.7 Å². The van der Waals surface area contributed by atoms with E-state index in [1.54, 1.807) is 19.2 Å². The second kappa shape index (κ2) is 9.75. The van der Waals surface area contributed by atoms with Crippen LogP contribution in [0.15, 0.2) is 42.6 Å². The Kier molecular flexibility index (Phi) is 7.08. The van der Waals surface area contributed by atoms with Crippen molar-refractivity contribution >= 4 is 27.5 Å². The number of sulfonamides is 1. The van der Waals surface area contributed by atoms with E-state index in [0.717, 1.165) is 23.8 Å². The average Bonchev–Trinajstić information content (AvgIpc) is 2.67. The molecule has 0 radical (unpaired) electrons. The summed E-state index contributed by atoms with van der Waals surface area (Å²) in [6, 6.07) is 8.14. The number of hydrogen-bond acceptors (Lipinski definition) is 7. The van der Waals surface area contributed by atoms with Crippen LogP contribution in [0.5, 0.6) is 0 Å². The number of benzene rings is 1. The van der Waals surface area contributed by atoms with Gasteiger partial charge in [-0.15, -0.1) is 0 Å². The molecular weight excluding hydrogens is 426 g/mol. The van der Waals surface area contributed by atoms with Crippen LogP contribution in [-0.4, -0.2) is 36.5 Å². The number of nitrogens with one attached hydrogen (secondary N) is 3. The highest BCUT2D eigenvalue weighted by molar-refractivity contribution is 7.88. The van der Waals surface area contributed by atoms with Crippen molar-refractivity contribution in [3.63, 3.8) is 0 Å². The van der Waals surface area contributed by atoms with E-state index >= 15 is 0 Å². The van der Waals surface area contributed by atoms with Gasteiger partial charge in [0.15, 0.2) is 0 Å². The highest BCUT2D eigenvalue weighted by Crippen LogP contribution is 2.16. The summed E-state index contributed by atoms with van der Waals surface area (Å²) in [6.45, 7) is 3.94. The molecule has 0 aliphatic heterocycles. The molecule has 2 aromatic heterocycles. The zero-order valence-electron chi connectivity index (χ0n) is 17.0. The number of rotatable bonds is 9. The first-order valence-electron chi connectivity index (χ1n) is 9.41. The van der Waals surface area contributed by atoms with Crippen LogP contribution in [0.1, 0.15) is 17.0 Å². The van der Waals surface area contributed by atoms with Crippen molar-refractivity contribution in [2.75, 3.05) is 23.7 Å². The highest BCUT2D eigenvalue weighted by atomic mass is 32.2. The minimum Gasteiger partial charge on any atom is -0.369 e. The van der Waals surface area contributed by atoms with Crippen LogP contribution in [-0.2, 0) is 15.8 Å². The molecule has 3 rings (SSSR count). The summed E-state index contributed by atoms with van der Waals surface area (Å²) in [4.78, 5) is 12.8. The largest absolute Gasteiger partial charge is 0.369 e. The zero-order valence-corrected chi connectivity index (χ0v) is 17.8. The monoisotopic (exact) mass is 448 g/mol. The molecule has 8 nitrogen and oxygen atoms in total. The molecule has 0 aliphatic carbocycles. The summed E-state index contributed by atoms with van der Waals surface area (Å²) in [5, 5.41) is 6.11. The van der Waals surface area contributed by atoms with Gasteiger partial charge in [0, 0.05) is 30.9 Å². The van der Waals surface area contributed by atoms with Crippen LogP contribution < -0.4 is 15.4 Å². The number of pyridine rings is 1. The number of hydrogen-bond donors (Lipinski definition) is 3. The van der Waals surface area contributed by atoms with Gasteiger partial charge in [-0.1, -0.05) is 0 Å². The molecule has 3 N–H and O–H groups in total. The third-order valence-electron chi connectivity index (χ3n) is 4.12. The molecule has 164 valence electrons. The molecule has 0 saturated carbocycles. The van der Waals surface area contributed by atoms with E-state index in [4.69, 9.17) is 0 Å². The van der Waals surface area contributed by atoms with E-state index < -0.39 is 27.4 Å². The molecule has 0 spiro atoms. The van der Waals surface area contributed by atoms with Gasteiger partial charge < -0.3 is 10.6 Å². The van der Waals surface area contributed by atoms with Crippen molar-refractivity contribution in [3.8, 4) is 0 Å². The van der Waals surface area contributed by atoms with Crippen LogP contribution in [0.4, 0.5) is 26.2 Å². The summed E-state index contributed by atoms with van der Waals surface area (Å²) in [7, 11) is -3.84. The molecule has 0 amide bonds. The van der Waals surface area contributed by atoms with Crippen molar-refractivity contribution in [2.45, 2.75) is 19.6 Å². The fraction of sp³-hybridized carbons (Fsp3) is 0.250. The molecule has 1 aromatic carbocycles. The number of anilines is 3. The Morgan fingerprint density at radius 1 is 0.935 bits per heavy atom.